The second-order valence-electron chi connectivity index (χ2n) is 6.17. The SMILES string of the molecule is Cc1cccc(Cc2ccc3c(c2)c(=O)c(C(=O)O)cn3CCO)c1Cl. The molecule has 0 amide bonds. The first-order valence-electron chi connectivity index (χ1n) is 8.16. The van der Waals surface area contributed by atoms with E-state index in [1.54, 1.807) is 16.7 Å². The molecule has 2 aromatic carbocycles. The van der Waals surface area contributed by atoms with Gasteiger partial charge < -0.3 is 14.8 Å². The van der Waals surface area contributed by atoms with Gasteiger partial charge in [-0.2, -0.15) is 0 Å². The van der Waals surface area contributed by atoms with Crippen LogP contribution in [0.1, 0.15) is 27.0 Å². The Morgan fingerprint density at radius 2 is 2.00 bits per heavy atom. The highest BCUT2D eigenvalue weighted by Crippen LogP contribution is 2.24. The summed E-state index contributed by atoms with van der Waals surface area (Å²) in [5.74, 6) is -1.28. The number of hydrogen-bond acceptors (Lipinski definition) is 3. The molecule has 0 aliphatic rings. The zero-order chi connectivity index (χ0) is 18.8. The molecule has 0 aliphatic carbocycles. The highest BCUT2D eigenvalue weighted by molar-refractivity contribution is 6.32. The Morgan fingerprint density at radius 1 is 1.23 bits per heavy atom. The molecule has 0 atom stereocenters. The van der Waals surface area contributed by atoms with Crippen LogP contribution in [0.25, 0.3) is 10.9 Å². The molecule has 5 nitrogen and oxygen atoms in total. The fourth-order valence-corrected chi connectivity index (χ4v) is 3.26. The zero-order valence-corrected chi connectivity index (χ0v) is 15.0. The van der Waals surface area contributed by atoms with Crippen molar-refractivity contribution < 1.29 is 15.0 Å². The van der Waals surface area contributed by atoms with Gasteiger partial charge in [-0.25, -0.2) is 4.79 Å². The lowest BCUT2D eigenvalue weighted by Crippen LogP contribution is -2.19. The Morgan fingerprint density at radius 3 is 2.69 bits per heavy atom. The molecular weight excluding hydrogens is 354 g/mol. The van der Waals surface area contributed by atoms with Gasteiger partial charge in [0.25, 0.3) is 0 Å². The molecule has 0 fully saturated rings. The minimum atomic E-state index is -1.28. The van der Waals surface area contributed by atoms with Gasteiger partial charge in [-0.1, -0.05) is 35.9 Å². The van der Waals surface area contributed by atoms with Crippen LogP contribution in [0.5, 0.6) is 0 Å². The van der Waals surface area contributed by atoms with Crippen molar-refractivity contribution in [3.8, 4) is 0 Å². The first kappa shape index (κ1) is 18.2. The summed E-state index contributed by atoms with van der Waals surface area (Å²) in [4.78, 5) is 24.0. The minimum absolute atomic E-state index is 0.155. The summed E-state index contributed by atoms with van der Waals surface area (Å²) in [6.07, 6.45) is 1.81. The lowest BCUT2D eigenvalue weighted by atomic mass is 10.0. The molecule has 0 saturated carbocycles. The van der Waals surface area contributed by atoms with E-state index in [9.17, 15) is 19.8 Å². The van der Waals surface area contributed by atoms with Crippen LogP contribution >= 0.6 is 11.6 Å². The van der Waals surface area contributed by atoms with Gasteiger partial charge in [-0.15, -0.1) is 0 Å². The lowest BCUT2D eigenvalue weighted by molar-refractivity contribution is 0.0694. The molecule has 0 spiro atoms. The topological polar surface area (TPSA) is 79.5 Å². The summed E-state index contributed by atoms with van der Waals surface area (Å²) >= 11 is 6.35. The van der Waals surface area contributed by atoms with Crippen molar-refractivity contribution >= 4 is 28.5 Å². The molecule has 1 heterocycles. The van der Waals surface area contributed by atoms with Gasteiger partial charge in [0.05, 0.1) is 12.1 Å². The van der Waals surface area contributed by atoms with Crippen molar-refractivity contribution in [1.82, 2.24) is 4.57 Å². The van der Waals surface area contributed by atoms with Gasteiger partial charge in [-0.05, 0) is 42.2 Å². The van der Waals surface area contributed by atoms with Gasteiger partial charge in [0, 0.05) is 23.2 Å². The number of aromatic nitrogens is 1. The van der Waals surface area contributed by atoms with Crippen LogP contribution < -0.4 is 5.43 Å². The number of carbonyl (C=O) groups is 1. The Bertz CT molecular complexity index is 1060. The Labute approximate surface area is 155 Å². The summed E-state index contributed by atoms with van der Waals surface area (Å²) in [6, 6.07) is 11.1. The molecule has 26 heavy (non-hydrogen) atoms. The highest BCUT2D eigenvalue weighted by atomic mass is 35.5. The largest absolute Gasteiger partial charge is 0.477 e. The van der Waals surface area contributed by atoms with E-state index in [0.717, 1.165) is 16.7 Å². The molecule has 0 saturated heterocycles. The number of carboxylic acid groups (broad SMARTS) is 1. The van der Waals surface area contributed by atoms with Crippen LogP contribution in [0.4, 0.5) is 0 Å². The van der Waals surface area contributed by atoms with Gasteiger partial charge in [0.1, 0.15) is 5.56 Å². The van der Waals surface area contributed by atoms with E-state index in [1.807, 2.05) is 31.2 Å². The van der Waals surface area contributed by atoms with Crippen LogP contribution in [0.2, 0.25) is 5.02 Å². The number of pyridine rings is 1. The van der Waals surface area contributed by atoms with Crippen LogP contribution in [-0.2, 0) is 13.0 Å². The zero-order valence-electron chi connectivity index (χ0n) is 14.2. The molecule has 134 valence electrons. The van der Waals surface area contributed by atoms with E-state index < -0.39 is 11.4 Å². The van der Waals surface area contributed by atoms with Gasteiger partial charge in [-0.3, -0.25) is 4.79 Å². The lowest BCUT2D eigenvalue weighted by Gasteiger charge is -2.13. The van der Waals surface area contributed by atoms with Crippen molar-refractivity contribution in [2.24, 2.45) is 0 Å². The number of aromatic carboxylic acids is 1. The Hall–Kier alpha value is -2.63. The van der Waals surface area contributed by atoms with E-state index in [2.05, 4.69) is 0 Å². The number of nitrogens with zero attached hydrogens (tertiary/aromatic N) is 1. The van der Waals surface area contributed by atoms with Crippen LogP contribution in [0.15, 0.2) is 47.4 Å². The number of rotatable bonds is 5. The third-order valence-electron chi connectivity index (χ3n) is 4.38. The number of benzene rings is 2. The van der Waals surface area contributed by atoms with Crippen molar-refractivity contribution in [3.63, 3.8) is 0 Å². The fraction of sp³-hybridized carbons (Fsp3) is 0.200. The molecule has 3 aromatic rings. The summed E-state index contributed by atoms with van der Waals surface area (Å²) in [7, 11) is 0. The second-order valence-corrected chi connectivity index (χ2v) is 6.55. The summed E-state index contributed by atoms with van der Waals surface area (Å²) in [5, 5.41) is 19.5. The van der Waals surface area contributed by atoms with E-state index in [0.29, 0.717) is 22.3 Å². The maximum atomic E-state index is 12.6. The number of halogens is 1. The molecular formula is C20H18ClNO4. The smallest absolute Gasteiger partial charge is 0.341 e. The van der Waals surface area contributed by atoms with Crippen LogP contribution in [0.3, 0.4) is 0 Å². The average Bonchev–Trinajstić information content (AvgIpc) is 2.61. The van der Waals surface area contributed by atoms with Crippen molar-refractivity contribution in [1.29, 1.82) is 0 Å². The molecule has 6 heteroatoms. The fourth-order valence-electron chi connectivity index (χ4n) is 3.06. The van der Waals surface area contributed by atoms with Gasteiger partial charge >= 0.3 is 5.97 Å². The third kappa shape index (κ3) is 3.36. The van der Waals surface area contributed by atoms with Crippen LogP contribution in [-0.4, -0.2) is 27.4 Å². The standard InChI is InChI=1S/C20H18ClNO4/c1-12-3-2-4-14(18(12)21)9-13-5-6-17-15(10-13)19(24)16(20(25)26)11-22(17)7-8-23/h2-6,10-11,23H,7-9H2,1H3,(H,25,26). The second kappa shape index (κ2) is 7.32. The van der Waals surface area contributed by atoms with E-state index in [1.165, 1.54) is 6.20 Å². The quantitative estimate of drug-likeness (QED) is 0.721. The van der Waals surface area contributed by atoms with Crippen molar-refractivity contribution in [2.75, 3.05) is 6.61 Å². The predicted octanol–water partition coefficient (Wildman–Crippen LogP) is 3.24. The molecule has 1 aromatic heterocycles. The molecule has 0 radical (unpaired) electrons. The predicted molar refractivity (Wildman–Crippen MR) is 101 cm³/mol. The monoisotopic (exact) mass is 371 g/mol. The molecule has 0 unspecified atom stereocenters. The number of carboxylic acids is 1. The van der Waals surface area contributed by atoms with E-state index in [4.69, 9.17) is 11.6 Å². The van der Waals surface area contributed by atoms with Crippen molar-refractivity contribution in [3.05, 3.63) is 80.1 Å². The molecule has 0 bridgehead atoms. The average molecular weight is 372 g/mol. The number of fused-ring (bicyclic) bond motifs is 1. The molecule has 3 rings (SSSR count). The van der Waals surface area contributed by atoms with E-state index in [-0.39, 0.29) is 18.7 Å². The minimum Gasteiger partial charge on any atom is -0.477 e. The third-order valence-corrected chi connectivity index (χ3v) is 4.92. The normalized spacial score (nSPS) is 11.0. The first-order chi connectivity index (χ1) is 12.4. The maximum Gasteiger partial charge on any atom is 0.341 e. The summed E-state index contributed by atoms with van der Waals surface area (Å²) in [5.41, 5.74) is 2.53. The number of aliphatic hydroxyl groups is 1. The summed E-state index contributed by atoms with van der Waals surface area (Å²) < 4.78 is 1.59. The molecule has 0 aliphatic heterocycles. The van der Waals surface area contributed by atoms with Gasteiger partial charge in [0.2, 0.25) is 5.43 Å². The van der Waals surface area contributed by atoms with Crippen molar-refractivity contribution in [2.45, 2.75) is 19.9 Å². The number of aliphatic hydroxyl groups excluding tert-OH is 1. The Balaban J connectivity index is 2.15. The van der Waals surface area contributed by atoms with E-state index >= 15 is 0 Å². The first-order valence-corrected chi connectivity index (χ1v) is 8.54. The Kier molecular flexibility index (Phi) is 5.11. The van der Waals surface area contributed by atoms with Crippen LogP contribution in [0, 0.1) is 6.92 Å². The summed E-state index contributed by atoms with van der Waals surface area (Å²) in [6.45, 7) is 1.98. The maximum absolute atomic E-state index is 12.6. The molecule has 2 N–H and O–H groups in total. The number of aryl methyl sites for hydroxylation is 1. The highest BCUT2D eigenvalue weighted by Gasteiger charge is 2.15. The van der Waals surface area contributed by atoms with Gasteiger partial charge in [0.15, 0.2) is 0 Å². The number of hydrogen-bond donors (Lipinski definition) is 2.